The van der Waals surface area contributed by atoms with E-state index in [1.54, 1.807) is 24.3 Å². The lowest BCUT2D eigenvalue weighted by Crippen LogP contribution is -2.41. The number of hydrogen-bond donors (Lipinski definition) is 2. The Kier molecular flexibility index (Phi) is 5.73. The van der Waals surface area contributed by atoms with Gasteiger partial charge in [0.15, 0.2) is 0 Å². The number of methoxy groups -OCH3 is 1. The molecule has 2 aromatic carbocycles. The number of rotatable bonds is 5. The summed E-state index contributed by atoms with van der Waals surface area (Å²) in [7, 11) is 1.54. The van der Waals surface area contributed by atoms with Gasteiger partial charge >= 0.3 is 0 Å². The Morgan fingerprint density at radius 3 is 2.52 bits per heavy atom. The number of pyridine rings is 1. The zero-order chi connectivity index (χ0) is 22.1. The van der Waals surface area contributed by atoms with Gasteiger partial charge in [-0.2, -0.15) is 0 Å². The summed E-state index contributed by atoms with van der Waals surface area (Å²) < 4.78 is 35.7. The third-order valence-electron chi connectivity index (χ3n) is 5.67. The minimum atomic E-state index is -0.902. The van der Waals surface area contributed by atoms with Gasteiger partial charge < -0.3 is 19.7 Å². The van der Waals surface area contributed by atoms with Crippen molar-refractivity contribution in [3.8, 4) is 5.75 Å². The Balaban J connectivity index is 1.81. The van der Waals surface area contributed by atoms with Crippen LogP contribution in [0, 0.1) is 11.6 Å². The maximum Gasteiger partial charge on any atom is 0.257 e. The Hall–Kier alpha value is -3.26. The predicted octanol–water partition coefficient (Wildman–Crippen LogP) is 2.98. The van der Waals surface area contributed by atoms with E-state index in [0.29, 0.717) is 18.6 Å². The average Bonchev–Trinajstić information content (AvgIpc) is 3.16. The molecule has 2 atom stereocenters. The summed E-state index contributed by atoms with van der Waals surface area (Å²) in [5.74, 6) is -1.74. The van der Waals surface area contributed by atoms with E-state index in [0.717, 1.165) is 24.1 Å². The van der Waals surface area contributed by atoms with E-state index >= 15 is 0 Å². The van der Waals surface area contributed by atoms with Crippen molar-refractivity contribution in [2.24, 2.45) is 0 Å². The van der Waals surface area contributed by atoms with Crippen molar-refractivity contribution < 1.29 is 23.4 Å². The zero-order valence-electron chi connectivity index (χ0n) is 16.9. The van der Waals surface area contributed by atoms with Gasteiger partial charge in [-0.15, -0.1) is 0 Å². The van der Waals surface area contributed by atoms with Crippen molar-refractivity contribution in [1.29, 1.82) is 0 Å². The zero-order valence-corrected chi connectivity index (χ0v) is 16.9. The lowest BCUT2D eigenvalue weighted by atomic mass is 10.1. The highest BCUT2D eigenvalue weighted by Crippen LogP contribution is 2.23. The van der Waals surface area contributed by atoms with Gasteiger partial charge in [-0.05, 0) is 49.1 Å². The standard InChI is InChI=1S/C23H22F2N2O4/c1-31-14-7-5-13(6-8-14)11-27-12-15(23(30)26-18-3-2-4-19(18)28)22(29)20-16(24)9-10-17(25)21(20)27/h5-10,12,18-19,28H,2-4,11H2,1H3,(H,26,30)/t18-,19-/m0/s1. The van der Waals surface area contributed by atoms with Crippen LogP contribution in [0.4, 0.5) is 8.78 Å². The lowest BCUT2D eigenvalue weighted by Gasteiger charge is -2.18. The van der Waals surface area contributed by atoms with Crippen molar-refractivity contribution in [3.05, 3.63) is 75.6 Å². The molecule has 0 bridgehead atoms. The lowest BCUT2D eigenvalue weighted by molar-refractivity contribution is 0.0871. The first-order chi connectivity index (χ1) is 14.9. The molecule has 31 heavy (non-hydrogen) atoms. The Morgan fingerprint density at radius 1 is 1.16 bits per heavy atom. The van der Waals surface area contributed by atoms with Crippen molar-refractivity contribution in [3.63, 3.8) is 0 Å². The molecule has 4 rings (SSSR count). The van der Waals surface area contributed by atoms with Crippen molar-refractivity contribution in [1.82, 2.24) is 9.88 Å². The van der Waals surface area contributed by atoms with Gasteiger partial charge in [0, 0.05) is 12.7 Å². The first kappa shape index (κ1) is 21.0. The summed E-state index contributed by atoms with van der Waals surface area (Å²) in [6.07, 6.45) is 2.45. The number of halogens is 2. The molecule has 1 fully saturated rings. The monoisotopic (exact) mass is 428 g/mol. The van der Waals surface area contributed by atoms with Crippen molar-refractivity contribution in [2.75, 3.05) is 7.11 Å². The maximum absolute atomic E-state index is 14.7. The molecule has 2 N–H and O–H groups in total. The third-order valence-corrected chi connectivity index (χ3v) is 5.67. The number of carbonyl (C=O) groups excluding carboxylic acids is 1. The second-order valence-electron chi connectivity index (χ2n) is 7.68. The van der Waals surface area contributed by atoms with Crippen LogP contribution in [0.25, 0.3) is 10.9 Å². The van der Waals surface area contributed by atoms with Gasteiger partial charge in [0.05, 0.1) is 30.2 Å². The van der Waals surface area contributed by atoms with E-state index in [-0.39, 0.29) is 17.6 Å². The largest absolute Gasteiger partial charge is 0.497 e. The van der Waals surface area contributed by atoms with Gasteiger partial charge in [0.1, 0.15) is 22.9 Å². The fourth-order valence-electron chi connectivity index (χ4n) is 4.02. The van der Waals surface area contributed by atoms with E-state index < -0.39 is 40.5 Å². The Labute approximate surface area is 177 Å². The summed E-state index contributed by atoms with van der Waals surface area (Å²) in [6, 6.07) is 8.33. The first-order valence-electron chi connectivity index (χ1n) is 10.0. The summed E-state index contributed by atoms with van der Waals surface area (Å²) in [5.41, 5.74) is -0.655. The van der Waals surface area contributed by atoms with Crippen LogP contribution in [0.1, 0.15) is 35.2 Å². The maximum atomic E-state index is 14.7. The molecule has 1 aliphatic rings. The average molecular weight is 428 g/mol. The summed E-state index contributed by atoms with van der Waals surface area (Å²) in [4.78, 5) is 25.8. The van der Waals surface area contributed by atoms with Gasteiger partial charge in [0.2, 0.25) is 5.43 Å². The fraction of sp³-hybridized carbons (Fsp3) is 0.304. The molecule has 0 unspecified atom stereocenters. The number of aliphatic hydroxyl groups is 1. The van der Waals surface area contributed by atoms with Gasteiger partial charge in [0.25, 0.3) is 5.91 Å². The highest BCUT2D eigenvalue weighted by molar-refractivity contribution is 5.97. The molecule has 162 valence electrons. The quantitative estimate of drug-likeness (QED) is 0.655. The summed E-state index contributed by atoms with van der Waals surface area (Å²) in [5, 5.41) is 12.2. The number of fused-ring (bicyclic) bond motifs is 1. The number of amides is 1. The Morgan fingerprint density at radius 2 is 1.87 bits per heavy atom. The minimum absolute atomic E-state index is 0.105. The Bertz CT molecular complexity index is 1190. The molecular weight excluding hydrogens is 406 g/mol. The number of nitrogens with zero attached hydrogens (tertiary/aromatic N) is 1. The molecule has 0 aliphatic heterocycles. The van der Waals surface area contributed by atoms with E-state index in [2.05, 4.69) is 5.32 Å². The molecule has 0 radical (unpaired) electrons. The smallest absolute Gasteiger partial charge is 0.257 e. The number of aliphatic hydroxyl groups excluding tert-OH is 1. The summed E-state index contributed by atoms with van der Waals surface area (Å²) in [6.45, 7) is 0.105. The molecule has 1 aliphatic carbocycles. The fourth-order valence-corrected chi connectivity index (χ4v) is 4.02. The van der Waals surface area contributed by atoms with Gasteiger partial charge in [-0.25, -0.2) is 8.78 Å². The van der Waals surface area contributed by atoms with E-state index in [1.165, 1.54) is 17.9 Å². The van der Waals surface area contributed by atoms with Gasteiger partial charge in [-0.1, -0.05) is 12.1 Å². The normalized spacial score (nSPS) is 18.3. The number of ether oxygens (including phenoxy) is 1. The molecule has 1 amide bonds. The number of aromatic nitrogens is 1. The molecule has 0 spiro atoms. The van der Waals surface area contributed by atoms with E-state index in [9.17, 15) is 23.5 Å². The second-order valence-corrected chi connectivity index (χ2v) is 7.68. The molecule has 8 heteroatoms. The van der Waals surface area contributed by atoms with E-state index in [4.69, 9.17) is 4.74 Å². The second kappa shape index (κ2) is 8.47. The molecule has 1 saturated carbocycles. The predicted molar refractivity (Wildman–Crippen MR) is 111 cm³/mol. The molecule has 3 aromatic rings. The highest BCUT2D eigenvalue weighted by atomic mass is 19.1. The molecule has 1 aromatic heterocycles. The number of carbonyl (C=O) groups is 1. The molecular formula is C23H22F2N2O4. The number of benzene rings is 2. The van der Waals surface area contributed by atoms with Crippen LogP contribution < -0.4 is 15.5 Å². The van der Waals surface area contributed by atoms with Crippen molar-refractivity contribution in [2.45, 2.75) is 38.0 Å². The third kappa shape index (κ3) is 4.03. The van der Waals surface area contributed by atoms with Crippen LogP contribution in [0.15, 0.2) is 47.4 Å². The van der Waals surface area contributed by atoms with Crippen LogP contribution >= 0.6 is 0 Å². The molecule has 0 saturated heterocycles. The molecule has 6 nitrogen and oxygen atoms in total. The molecule has 1 heterocycles. The number of hydrogen-bond acceptors (Lipinski definition) is 4. The SMILES string of the molecule is COc1ccc(Cn2cc(C(=O)N[C@H]3CCC[C@@H]3O)c(=O)c3c(F)ccc(F)c32)cc1. The van der Waals surface area contributed by atoms with E-state index in [1.807, 2.05) is 0 Å². The van der Waals surface area contributed by atoms with Crippen LogP contribution in [-0.2, 0) is 6.54 Å². The van der Waals surface area contributed by atoms with Crippen LogP contribution in [0.2, 0.25) is 0 Å². The number of nitrogens with one attached hydrogen (secondary N) is 1. The topological polar surface area (TPSA) is 80.6 Å². The van der Waals surface area contributed by atoms with Gasteiger partial charge in [-0.3, -0.25) is 9.59 Å². The highest BCUT2D eigenvalue weighted by Gasteiger charge is 2.28. The first-order valence-corrected chi connectivity index (χ1v) is 10.0. The van der Waals surface area contributed by atoms with Crippen molar-refractivity contribution >= 4 is 16.8 Å². The van der Waals surface area contributed by atoms with Crippen LogP contribution in [0.3, 0.4) is 0 Å². The van der Waals surface area contributed by atoms with Crippen LogP contribution in [-0.4, -0.2) is 34.8 Å². The van der Waals surface area contributed by atoms with Crippen LogP contribution in [0.5, 0.6) is 5.75 Å². The minimum Gasteiger partial charge on any atom is -0.497 e. The summed E-state index contributed by atoms with van der Waals surface area (Å²) >= 11 is 0.